The van der Waals surface area contributed by atoms with Gasteiger partial charge in [0.15, 0.2) is 6.61 Å². The predicted molar refractivity (Wildman–Crippen MR) is 166 cm³/mol. The van der Waals surface area contributed by atoms with E-state index >= 15 is 0 Å². The van der Waals surface area contributed by atoms with Crippen LogP contribution in [0.4, 0.5) is 0 Å². The Morgan fingerprint density at radius 2 is 1.60 bits per heavy atom. The Hall–Kier alpha value is -4.98. The molecule has 0 saturated carbocycles. The Balaban J connectivity index is 1.25. The van der Waals surface area contributed by atoms with Gasteiger partial charge in [-0.25, -0.2) is 5.01 Å². The molecule has 4 aromatic rings. The van der Waals surface area contributed by atoms with Gasteiger partial charge in [0.1, 0.15) is 12.3 Å². The maximum atomic E-state index is 13.3. The van der Waals surface area contributed by atoms with Crippen LogP contribution in [-0.2, 0) is 19.7 Å². The minimum Gasteiger partial charge on any atom is -0.497 e. The molecule has 0 saturated heterocycles. The van der Waals surface area contributed by atoms with Crippen molar-refractivity contribution in [2.45, 2.75) is 38.6 Å². The number of carbonyl (C=O) groups excluding carboxylic acids is 3. The summed E-state index contributed by atoms with van der Waals surface area (Å²) in [6.45, 7) is 5.42. The van der Waals surface area contributed by atoms with Gasteiger partial charge < -0.3 is 14.8 Å². The summed E-state index contributed by atoms with van der Waals surface area (Å²) < 4.78 is 10.5. The molecular formula is C35H35N3O5. The van der Waals surface area contributed by atoms with E-state index in [1.807, 2.05) is 72.8 Å². The first-order valence-corrected chi connectivity index (χ1v) is 14.2. The average Bonchev–Trinajstić information content (AvgIpc) is 3.47. The van der Waals surface area contributed by atoms with Crippen LogP contribution >= 0.6 is 0 Å². The van der Waals surface area contributed by atoms with Crippen molar-refractivity contribution in [1.29, 1.82) is 0 Å². The van der Waals surface area contributed by atoms with Gasteiger partial charge >= 0.3 is 5.97 Å². The maximum absolute atomic E-state index is 13.3. The van der Waals surface area contributed by atoms with Crippen LogP contribution < -0.4 is 10.1 Å². The summed E-state index contributed by atoms with van der Waals surface area (Å²) in [6, 6.07) is 28.5. The first-order chi connectivity index (χ1) is 20.6. The van der Waals surface area contributed by atoms with Crippen molar-refractivity contribution in [2.75, 3.05) is 20.3 Å². The molecule has 2 amide bonds. The number of rotatable bonds is 8. The highest BCUT2D eigenvalue weighted by Gasteiger charge is 2.33. The molecule has 43 heavy (non-hydrogen) atoms. The van der Waals surface area contributed by atoms with Gasteiger partial charge in [-0.2, -0.15) is 5.10 Å². The van der Waals surface area contributed by atoms with E-state index in [-0.39, 0.29) is 18.0 Å². The third kappa shape index (κ3) is 6.92. The van der Waals surface area contributed by atoms with Gasteiger partial charge in [0.25, 0.3) is 11.8 Å². The van der Waals surface area contributed by atoms with Crippen LogP contribution in [0.5, 0.6) is 5.75 Å². The first kappa shape index (κ1) is 29.5. The minimum atomic E-state index is -0.716. The smallest absolute Gasteiger partial charge is 0.325 e. The van der Waals surface area contributed by atoms with Crippen LogP contribution in [0.25, 0.3) is 10.8 Å². The molecule has 1 aliphatic rings. The van der Waals surface area contributed by atoms with Gasteiger partial charge in [0.2, 0.25) is 0 Å². The zero-order chi connectivity index (χ0) is 30.6. The predicted octanol–water partition coefficient (Wildman–Crippen LogP) is 5.80. The molecule has 5 rings (SSSR count). The number of hydrogen-bond donors (Lipinski definition) is 1. The standard InChI is InChI=1S/C35H35N3O5/c1-35(2,3)28-15-11-25(12-16-28)34(41)36-21-33(40)43-22-32(39)38-31(24-13-17-29(42-4)18-14-24)20-30(37-38)27-10-9-23-7-5-6-8-26(23)19-27/h5-19,31H,20-22H2,1-4H3,(H,36,41)/t31-/m0/s1. The minimum absolute atomic E-state index is 0.0344. The molecule has 1 N–H and O–H groups in total. The number of hydrazone groups is 1. The highest BCUT2D eigenvalue weighted by atomic mass is 16.5. The molecule has 1 heterocycles. The van der Waals surface area contributed by atoms with E-state index in [4.69, 9.17) is 9.47 Å². The zero-order valence-corrected chi connectivity index (χ0v) is 24.8. The molecule has 0 fully saturated rings. The second kappa shape index (κ2) is 12.5. The van der Waals surface area contributed by atoms with E-state index in [2.05, 4.69) is 37.3 Å². The molecule has 0 aromatic heterocycles. The van der Waals surface area contributed by atoms with Crippen LogP contribution in [0, 0.1) is 0 Å². The summed E-state index contributed by atoms with van der Waals surface area (Å²) in [6.07, 6.45) is 0.494. The zero-order valence-electron chi connectivity index (χ0n) is 24.8. The lowest BCUT2D eigenvalue weighted by Crippen LogP contribution is -2.34. The van der Waals surface area contributed by atoms with Crippen LogP contribution in [0.2, 0.25) is 0 Å². The molecule has 1 aliphatic heterocycles. The topological polar surface area (TPSA) is 97.3 Å². The van der Waals surface area contributed by atoms with Crippen LogP contribution in [-0.4, -0.2) is 48.8 Å². The Morgan fingerprint density at radius 1 is 0.907 bits per heavy atom. The van der Waals surface area contributed by atoms with Crippen molar-refractivity contribution < 1.29 is 23.9 Å². The number of nitrogens with zero attached hydrogens (tertiary/aromatic N) is 2. The maximum Gasteiger partial charge on any atom is 0.325 e. The monoisotopic (exact) mass is 577 g/mol. The molecule has 0 bridgehead atoms. The van der Waals surface area contributed by atoms with E-state index in [0.717, 1.165) is 33.2 Å². The molecule has 0 unspecified atom stereocenters. The number of carbonyl (C=O) groups is 3. The summed E-state index contributed by atoms with van der Waals surface area (Å²) >= 11 is 0. The van der Waals surface area contributed by atoms with E-state index in [1.54, 1.807) is 19.2 Å². The molecule has 0 spiro atoms. The molecule has 0 radical (unpaired) electrons. The highest BCUT2D eigenvalue weighted by molar-refractivity contribution is 6.05. The third-order valence-corrected chi connectivity index (χ3v) is 7.51. The van der Waals surface area contributed by atoms with Crippen LogP contribution in [0.3, 0.4) is 0 Å². The van der Waals surface area contributed by atoms with Crippen LogP contribution in [0.1, 0.15) is 60.3 Å². The van der Waals surface area contributed by atoms with Crippen molar-refractivity contribution in [2.24, 2.45) is 5.10 Å². The first-order valence-electron chi connectivity index (χ1n) is 14.2. The van der Waals surface area contributed by atoms with E-state index < -0.39 is 24.4 Å². The van der Waals surface area contributed by atoms with E-state index in [9.17, 15) is 14.4 Å². The quantitative estimate of drug-likeness (QED) is 0.267. The fourth-order valence-corrected chi connectivity index (χ4v) is 5.00. The Bertz CT molecular complexity index is 1670. The van der Waals surface area contributed by atoms with Gasteiger partial charge in [0.05, 0.1) is 18.9 Å². The molecular weight excluding hydrogens is 542 g/mol. The SMILES string of the molecule is COc1ccc([C@@H]2CC(c3ccc4ccccc4c3)=NN2C(=O)COC(=O)CNC(=O)c2ccc(C(C)(C)C)cc2)cc1. The largest absolute Gasteiger partial charge is 0.497 e. The summed E-state index contributed by atoms with van der Waals surface area (Å²) in [7, 11) is 1.60. The molecule has 1 atom stereocenters. The normalized spacial score (nSPS) is 14.7. The van der Waals surface area contributed by atoms with Gasteiger partial charge in [-0.05, 0) is 63.2 Å². The number of hydrogen-bond acceptors (Lipinski definition) is 6. The number of amides is 2. The number of benzene rings is 4. The van der Waals surface area contributed by atoms with E-state index in [0.29, 0.717) is 17.7 Å². The van der Waals surface area contributed by atoms with Crippen molar-refractivity contribution in [3.05, 3.63) is 113 Å². The van der Waals surface area contributed by atoms with Gasteiger partial charge in [-0.15, -0.1) is 0 Å². The third-order valence-electron chi connectivity index (χ3n) is 7.51. The molecule has 4 aromatic carbocycles. The molecule has 220 valence electrons. The van der Waals surface area contributed by atoms with Crippen molar-refractivity contribution in [1.82, 2.24) is 10.3 Å². The Morgan fingerprint density at radius 3 is 2.28 bits per heavy atom. The number of nitrogens with one attached hydrogen (secondary N) is 1. The Kier molecular flexibility index (Phi) is 8.57. The fourth-order valence-electron chi connectivity index (χ4n) is 5.00. The fraction of sp³-hybridized carbons (Fsp3) is 0.257. The lowest BCUT2D eigenvalue weighted by Gasteiger charge is -2.22. The molecule has 8 nitrogen and oxygen atoms in total. The second-order valence-electron chi connectivity index (χ2n) is 11.5. The number of esters is 1. The lowest BCUT2D eigenvalue weighted by atomic mass is 9.87. The summed E-state index contributed by atoms with van der Waals surface area (Å²) in [4.78, 5) is 38.3. The van der Waals surface area contributed by atoms with Crippen molar-refractivity contribution in [3.63, 3.8) is 0 Å². The number of fused-ring (bicyclic) bond motifs is 1. The van der Waals surface area contributed by atoms with Crippen molar-refractivity contribution >= 4 is 34.3 Å². The van der Waals surface area contributed by atoms with E-state index in [1.165, 1.54) is 5.01 Å². The average molecular weight is 578 g/mol. The molecule has 8 heteroatoms. The van der Waals surface area contributed by atoms with Crippen molar-refractivity contribution in [3.8, 4) is 5.75 Å². The summed E-state index contributed by atoms with van der Waals surface area (Å²) in [5.41, 5.74) is 4.06. The van der Waals surface area contributed by atoms with Gasteiger partial charge in [-0.1, -0.05) is 81.4 Å². The van der Waals surface area contributed by atoms with Crippen LogP contribution in [0.15, 0.2) is 96.1 Å². The lowest BCUT2D eigenvalue weighted by molar-refractivity contribution is -0.152. The Labute approximate surface area is 251 Å². The molecule has 0 aliphatic carbocycles. The highest BCUT2D eigenvalue weighted by Crippen LogP contribution is 2.34. The number of methoxy groups -OCH3 is 1. The summed E-state index contributed by atoms with van der Waals surface area (Å²) in [5, 5.41) is 10.8. The van der Waals surface area contributed by atoms with Gasteiger partial charge in [-0.3, -0.25) is 14.4 Å². The number of ether oxygens (including phenoxy) is 2. The second-order valence-corrected chi connectivity index (χ2v) is 11.5. The van der Waals surface area contributed by atoms with Gasteiger partial charge in [0, 0.05) is 12.0 Å². The summed E-state index contributed by atoms with van der Waals surface area (Å²) in [5.74, 6) is -0.870.